The molecule has 3 nitrogen and oxygen atoms in total. The lowest BCUT2D eigenvalue weighted by Gasteiger charge is -1.98. The van der Waals surface area contributed by atoms with E-state index in [1.165, 1.54) is 0 Å². The van der Waals surface area contributed by atoms with Crippen molar-refractivity contribution in [1.82, 2.24) is 4.98 Å². The molecule has 0 fully saturated rings. The molecule has 0 aliphatic rings. The Labute approximate surface area is 102 Å². The van der Waals surface area contributed by atoms with Crippen molar-refractivity contribution >= 4 is 27.8 Å². The molecule has 1 aromatic heterocycles. The van der Waals surface area contributed by atoms with Gasteiger partial charge in [0, 0.05) is 0 Å². The fourth-order valence-electron chi connectivity index (χ4n) is 1.18. The number of para-hydroxylation sites is 1. The van der Waals surface area contributed by atoms with E-state index in [1.807, 2.05) is 48.5 Å². The molecule has 0 spiro atoms. The van der Waals surface area contributed by atoms with E-state index < -0.39 is 0 Å². The molecule has 16 heavy (non-hydrogen) atoms. The van der Waals surface area contributed by atoms with E-state index in [0.29, 0.717) is 0 Å². The maximum absolute atomic E-state index is 4.23. The molecule has 1 heterocycles. The van der Waals surface area contributed by atoms with Crippen molar-refractivity contribution in [2.75, 3.05) is 5.43 Å². The normalized spacial score (nSPS) is 10.6. The van der Waals surface area contributed by atoms with Crippen LogP contribution in [0.5, 0.6) is 0 Å². The van der Waals surface area contributed by atoms with Crippen LogP contribution in [0.15, 0.2) is 58.2 Å². The average molecular weight is 276 g/mol. The fraction of sp³-hybridized carbons (Fsp3) is 0. The Kier molecular flexibility index (Phi) is 3.66. The van der Waals surface area contributed by atoms with E-state index in [-0.39, 0.29) is 0 Å². The first-order chi connectivity index (χ1) is 7.84. The average Bonchev–Trinajstić information content (AvgIpc) is 2.30. The molecule has 0 saturated heterocycles. The summed E-state index contributed by atoms with van der Waals surface area (Å²) >= 11 is 3.31. The van der Waals surface area contributed by atoms with Gasteiger partial charge in [-0.25, -0.2) is 4.98 Å². The van der Waals surface area contributed by atoms with Gasteiger partial charge in [0.1, 0.15) is 4.60 Å². The lowest BCUT2D eigenvalue weighted by Crippen LogP contribution is -1.92. The molecule has 0 radical (unpaired) electrons. The summed E-state index contributed by atoms with van der Waals surface area (Å²) in [6.45, 7) is 0. The highest BCUT2D eigenvalue weighted by atomic mass is 79.9. The molecule has 80 valence electrons. The van der Waals surface area contributed by atoms with Gasteiger partial charge < -0.3 is 0 Å². The van der Waals surface area contributed by atoms with E-state index in [1.54, 1.807) is 6.21 Å². The summed E-state index contributed by atoms with van der Waals surface area (Å²) in [6, 6.07) is 15.5. The predicted molar refractivity (Wildman–Crippen MR) is 69.6 cm³/mol. The third kappa shape index (κ3) is 3.17. The van der Waals surface area contributed by atoms with Gasteiger partial charge in [-0.05, 0) is 40.2 Å². The topological polar surface area (TPSA) is 37.3 Å². The van der Waals surface area contributed by atoms with Crippen molar-refractivity contribution in [1.29, 1.82) is 0 Å². The van der Waals surface area contributed by atoms with E-state index in [0.717, 1.165) is 16.0 Å². The number of hydrazone groups is 1. The van der Waals surface area contributed by atoms with Gasteiger partial charge in [-0.1, -0.05) is 24.3 Å². The highest BCUT2D eigenvalue weighted by molar-refractivity contribution is 9.10. The first-order valence-corrected chi connectivity index (χ1v) is 5.60. The molecule has 2 aromatic rings. The number of pyridine rings is 1. The van der Waals surface area contributed by atoms with Gasteiger partial charge in [-0.2, -0.15) is 5.10 Å². The van der Waals surface area contributed by atoms with Crippen LogP contribution in [-0.2, 0) is 0 Å². The number of hydrogen-bond donors (Lipinski definition) is 1. The zero-order valence-electron chi connectivity index (χ0n) is 8.47. The van der Waals surface area contributed by atoms with Gasteiger partial charge in [0.2, 0.25) is 0 Å². The minimum atomic E-state index is 0.802. The second-order valence-corrected chi connectivity index (χ2v) is 3.93. The van der Waals surface area contributed by atoms with Crippen molar-refractivity contribution < 1.29 is 0 Å². The number of hydrogen-bond acceptors (Lipinski definition) is 3. The van der Waals surface area contributed by atoms with Crippen LogP contribution in [0.4, 0.5) is 5.69 Å². The zero-order valence-corrected chi connectivity index (χ0v) is 10.1. The van der Waals surface area contributed by atoms with E-state index >= 15 is 0 Å². The Balaban J connectivity index is 2.00. The molecule has 0 aliphatic carbocycles. The summed E-state index contributed by atoms with van der Waals surface area (Å²) < 4.78 is 0.802. The highest BCUT2D eigenvalue weighted by Gasteiger charge is 1.90. The molecular weight excluding hydrogens is 266 g/mol. The van der Waals surface area contributed by atoms with Gasteiger partial charge in [-0.3, -0.25) is 5.43 Å². The van der Waals surface area contributed by atoms with Gasteiger partial charge >= 0.3 is 0 Å². The Bertz CT molecular complexity index is 483. The number of aromatic nitrogens is 1. The standard InChI is InChI=1S/C12H10BrN3/c13-12-8-4-7-11(15-12)9-14-16-10-5-2-1-3-6-10/h1-9,16H/b14-9+. The van der Waals surface area contributed by atoms with Crippen molar-refractivity contribution in [2.24, 2.45) is 5.10 Å². The van der Waals surface area contributed by atoms with Crippen LogP contribution in [0, 0.1) is 0 Å². The zero-order chi connectivity index (χ0) is 11.2. The Morgan fingerprint density at radius 3 is 2.62 bits per heavy atom. The number of benzene rings is 1. The van der Waals surface area contributed by atoms with Crippen molar-refractivity contribution in [3.63, 3.8) is 0 Å². The quantitative estimate of drug-likeness (QED) is 0.530. The minimum absolute atomic E-state index is 0.802. The summed E-state index contributed by atoms with van der Waals surface area (Å²) in [5, 5.41) is 4.09. The first kappa shape index (κ1) is 10.8. The van der Waals surface area contributed by atoms with Crippen molar-refractivity contribution in [3.8, 4) is 0 Å². The van der Waals surface area contributed by atoms with Crippen molar-refractivity contribution in [2.45, 2.75) is 0 Å². The van der Waals surface area contributed by atoms with E-state index in [9.17, 15) is 0 Å². The SMILES string of the molecule is Brc1cccc(/C=N/Nc2ccccc2)n1. The molecular formula is C12H10BrN3. The number of nitrogens with one attached hydrogen (secondary N) is 1. The summed E-state index contributed by atoms with van der Waals surface area (Å²) in [6.07, 6.45) is 1.68. The summed E-state index contributed by atoms with van der Waals surface area (Å²) in [5.41, 5.74) is 4.68. The van der Waals surface area contributed by atoms with E-state index in [4.69, 9.17) is 0 Å². The number of nitrogens with zero attached hydrogens (tertiary/aromatic N) is 2. The minimum Gasteiger partial charge on any atom is -0.278 e. The molecule has 2 rings (SSSR count). The maximum Gasteiger partial charge on any atom is 0.106 e. The van der Waals surface area contributed by atoms with Crippen LogP contribution in [0.2, 0.25) is 0 Å². The molecule has 0 aliphatic heterocycles. The van der Waals surface area contributed by atoms with Gasteiger partial charge in [-0.15, -0.1) is 0 Å². The van der Waals surface area contributed by atoms with Crippen molar-refractivity contribution in [3.05, 3.63) is 58.8 Å². The van der Waals surface area contributed by atoms with Gasteiger partial charge in [0.15, 0.2) is 0 Å². The Hall–Kier alpha value is -1.68. The molecule has 4 heteroatoms. The number of anilines is 1. The Morgan fingerprint density at radius 1 is 1.06 bits per heavy atom. The molecule has 1 N–H and O–H groups in total. The molecule has 0 atom stereocenters. The predicted octanol–water partition coefficient (Wildman–Crippen LogP) is 3.29. The van der Waals surface area contributed by atoms with Crippen LogP contribution >= 0.6 is 15.9 Å². The fourth-order valence-corrected chi connectivity index (χ4v) is 1.54. The van der Waals surface area contributed by atoms with Gasteiger partial charge in [0.25, 0.3) is 0 Å². The molecule has 0 amide bonds. The maximum atomic E-state index is 4.23. The van der Waals surface area contributed by atoms with Gasteiger partial charge in [0.05, 0.1) is 17.6 Å². The summed E-state index contributed by atoms with van der Waals surface area (Å²) in [4.78, 5) is 4.23. The van der Waals surface area contributed by atoms with Crippen LogP contribution in [-0.4, -0.2) is 11.2 Å². The molecule has 0 unspecified atom stereocenters. The summed E-state index contributed by atoms with van der Waals surface area (Å²) in [5.74, 6) is 0. The smallest absolute Gasteiger partial charge is 0.106 e. The van der Waals surface area contributed by atoms with Crippen LogP contribution in [0.3, 0.4) is 0 Å². The third-order valence-corrected chi connectivity index (χ3v) is 2.34. The van der Waals surface area contributed by atoms with Crippen LogP contribution < -0.4 is 5.43 Å². The van der Waals surface area contributed by atoms with E-state index in [2.05, 4.69) is 31.4 Å². The number of halogens is 1. The Morgan fingerprint density at radius 2 is 1.88 bits per heavy atom. The first-order valence-electron chi connectivity index (χ1n) is 4.81. The van der Waals surface area contributed by atoms with Crippen LogP contribution in [0.1, 0.15) is 5.69 Å². The largest absolute Gasteiger partial charge is 0.278 e. The second-order valence-electron chi connectivity index (χ2n) is 3.12. The number of rotatable bonds is 3. The molecule has 0 bridgehead atoms. The molecule has 0 saturated carbocycles. The monoisotopic (exact) mass is 275 g/mol. The third-order valence-electron chi connectivity index (χ3n) is 1.90. The highest BCUT2D eigenvalue weighted by Crippen LogP contribution is 2.06. The van der Waals surface area contributed by atoms with Crippen LogP contribution in [0.25, 0.3) is 0 Å². The second kappa shape index (κ2) is 5.42. The molecule has 1 aromatic carbocycles. The lowest BCUT2D eigenvalue weighted by molar-refractivity contribution is 1.24. The lowest BCUT2D eigenvalue weighted by atomic mass is 10.3. The summed E-state index contributed by atoms with van der Waals surface area (Å²) in [7, 11) is 0.